The lowest BCUT2D eigenvalue weighted by Gasteiger charge is -1.96. The summed E-state index contributed by atoms with van der Waals surface area (Å²) in [5, 5.41) is 10.5. The number of nitrogen functional groups attached to an aromatic ring is 1. The third-order valence-corrected chi connectivity index (χ3v) is 3.31. The number of anilines is 1. The minimum Gasteiger partial charge on any atom is -0.506 e. The molecular formula is C10H11NOS. The van der Waals surface area contributed by atoms with Crippen molar-refractivity contribution in [2.24, 2.45) is 0 Å². The molecule has 0 aliphatic heterocycles. The third kappa shape index (κ3) is 1.35. The minimum absolute atomic E-state index is 0.174. The molecule has 0 saturated heterocycles. The van der Waals surface area contributed by atoms with Gasteiger partial charge in [0.2, 0.25) is 0 Å². The van der Waals surface area contributed by atoms with E-state index in [1.54, 1.807) is 17.4 Å². The first kappa shape index (κ1) is 8.38. The zero-order valence-electron chi connectivity index (χ0n) is 7.37. The van der Waals surface area contributed by atoms with Crippen LogP contribution in [0.4, 0.5) is 5.69 Å². The number of aryl methyl sites for hydroxylation is 1. The summed E-state index contributed by atoms with van der Waals surface area (Å²) in [6.07, 6.45) is 1.03. The van der Waals surface area contributed by atoms with Gasteiger partial charge in [0.25, 0.3) is 0 Å². The minimum atomic E-state index is 0.174. The normalized spacial score (nSPS) is 10.8. The molecule has 3 N–H and O–H groups in total. The number of hydrogen-bond donors (Lipinski definition) is 2. The van der Waals surface area contributed by atoms with Crippen LogP contribution in [0, 0.1) is 0 Å². The van der Waals surface area contributed by atoms with E-state index in [0.29, 0.717) is 5.69 Å². The maximum absolute atomic E-state index is 9.38. The van der Waals surface area contributed by atoms with Crippen molar-refractivity contribution < 1.29 is 5.11 Å². The maximum atomic E-state index is 9.38. The number of rotatable bonds is 1. The monoisotopic (exact) mass is 193 g/mol. The highest BCUT2D eigenvalue weighted by atomic mass is 32.1. The second-order valence-electron chi connectivity index (χ2n) is 3.02. The topological polar surface area (TPSA) is 46.2 Å². The Kier molecular flexibility index (Phi) is 1.88. The van der Waals surface area contributed by atoms with Gasteiger partial charge >= 0.3 is 0 Å². The van der Waals surface area contributed by atoms with E-state index in [4.69, 9.17) is 5.73 Å². The second-order valence-corrected chi connectivity index (χ2v) is 4.18. The molecule has 2 aromatic rings. The molecule has 0 amide bonds. The summed E-state index contributed by atoms with van der Waals surface area (Å²) in [6, 6.07) is 5.65. The van der Waals surface area contributed by atoms with Crippen LogP contribution in [0.25, 0.3) is 10.1 Å². The molecule has 1 aromatic heterocycles. The number of nitrogens with two attached hydrogens (primary N) is 1. The predicted molar refractivity (Wildman–Crippen MR) is 57.3 cm³/mol. The van der Waals surface area contributed by atoms with Gasteiger partial charge in [-0.25, -0.2) is 0 Å². The number of fused-ring (bicyclic) bond motifs is 1. The standard InChI is InChI=1S/C10H11NOS/c1-2-7-3-6-4-9(12)8(11)5-10(6)13-7/h3-5,12H,2,11H2,1H3. The number of hydrogen-bond acceptors (Lipinski definition) is 3. The summed E-state index contributed by atoms with van der Waals surface area (Å²) in [5.41, 5.74) is 6.05. The van der Waals surface area contributed by atoms with Crippen LogP contribution in [0.15, 0.2) is 18.2 Å². The predicted octanol–water partition coefficient (Wildman–Crippen LogP) is 2.75. The molecule has 0 bridgehead atoms. The van der Waals surface area contributed by atoms with Gasteiger partial charge in [-0.05, 0) is 30.0 Å². The largest absolute Gasteiger partial charge is 0.506 e. The quantitative estimate of drug-likeness (QED) is 0.540. The molecule has 2 rings (SSSR count). The zero-order valence-corrected chi connectivity index (χ0v) is 8.19. The second kappa shape index (κ2) is 2.92. The number of thiophene rings is 1. The van der Waals surface area contributed by atoms with Crippen LogP contribution in [0.3, 0.4) is 0 Å². The van der Waals surface area contributed by atoms with Gasteiger partial charge in [-0.15, -0.1) is 11.3 Å². The highest BCUT2D eigenvalue weighted by Gasteiger charge is 2.03. The van der Waals surface area contributed by atoms with Crippen molar-refractivity contribution in [1.29, 1.82) is 0 Å². The average Bonchev–Trinajstić information content (AvgIpc) is 2.48. The lowest BCUT2D eigenvalue weighted by Crippen LogP contribution is -1.83. The third-order valence-electron chi connectivity index (χ3n) is 2.07. The first-order valence-corrected chi connectivity index (χ1v) is 5.03. The molecule has 0 aliphatic carbocycles. The molecule has 68 valence electrons. The highest BCUT2D eigenvalue weighted by Crippen LogP contribution is 2.32. The smallest absolute Gasteiger partial charge is 0.139 e. The number of phenolic OH excluding ortho intramolecular Hbond substituents is 1. The summed E-state index contributed by atoms with van der Waals surface area (Å²) < 4.78 is 1.15. The van der Waals surface area contributed by atoms with Crippen molar-refractivity contribution >= 4 is 27.1 Å². The maximum Gasteiger partial charge on any atom is 0.139 e. The Hall–Kier alpha value is -1.22. The van der Waals surface area contributed by atoms with Gasteiger partial charge in [0.1, 0.15) is 5.75 Å². The number of phenols is 1. The van der Waals surface area contributed by atoms with Crippen molar-refractivity contribution in [3.63, 3.8) is 0 Å². The fraction of sp³-hybridized carbons (Fsp3) is 0.200. The van der Waals surface area contributed by atoms with Gasteiger partial charge in [0.05, 0.1) is 5.69 Å². The van der Waals surface area contributed by atoms with Crippen LogP contribution in [0.1, 0.15) is 11.8 Å². The van der Waals surface area contributed by atoms with Crippen molar-refractivity contribution in [3.05, 3.63) is 23.1 Å². The molecule has 13 heavy (non-hydrogen) atoms. The fourth-order valence-corrected chi connectivity index (χ4v) is 2.35. The molecule has 1 heterocycles. The van der Waals surface area contributed by atoms with Gasteiger partial charge in [-0.1, -0.05) is 6.92 Å². The molecule has 0 unspecified atom stereocenters. The van der Waals surface area contributed by atoms with Crippen molar-refractivity contribution in [1.82, 2.24) is 0 Å². The van der Waals surface area contributed by atoms with E-state index in [1.807, 2.05) is 6.07 Å². The summed E-state index contributed by atoms with van der Waals surface area (Å²) in [4.78, 5) is 1.32. The summed E-state index contributed by atoms with van der Waals surface area (Å²) in [7, 11) is 0. The molecule has 0 saturated carbocycles. The average molecular weight is 193 g/mol. The van der Waals surface area contributed by atoms with Gasteiger partial charge in [0.15, 0.2) is 0 Å². The lowest BCUT2D eigenvalue weighted by molar-refractivity contribution is 0.479. The first-order chi connectivity index (χ1) is 6.20. The SMILES string of the molecule is CCc1cc2cc(O)c(N)cc2s1. The molecule has 0 spiro atoms. The molecule has 0 aliphatic rings. The van der Waals surface area contributed by atoms with Crippen LogP contribution in [-0.2, 0) is 6.42 Å². The summed E-state index contributed by atoms with van der Waals surface area (Å²) in [6.45, 7) is 2.12. The van der Waals surface area contributed by atoms with E-state index >= 15 is 0 Å². The number of aromatic hydroxyl groups is 1. The molecule has 0 fully saturated rings. The van der Waals surface area contributed by atoms with Crippen LogP contribution in [0.2, 0.25) is 0 Å². The first-order valence-electron chi connectivity index (χ1n) is 4.21. The Morgan fingerprint density at radius 3 is 2.85 bits per heavy atom. The Bertz CT molecular complexity index is 408. The summed E-state index contributed by atoms with van der Waals surface area (Å²) in [5.74, 6) is 0.174. The van der Waals surface area contributed by atoms with Gasteiger partial charge in [-0.3, -0.25) is 0 Å². The Morgan fingerprint density at radius 1 is 1.38 bits per heavy atom. The molecule has 1 aromatic carbocycles. The van der Waals surface area contributed by atoms with E-state index in [9.17, 15) is 5.11 Å². The van der Waals surface area contributed by atoms with Crippen LogP contribution >= 0.6 is 11.3 Å². The van der Waals surface area contributed by atoms with E-state index in [2.05, 4.69) is 13.0 Å². The molecular weight excluding hydrogens is 182 g/mol. The van der Waals surface area contributed by atoms with E-state index < -0.39 is 0 Å². The van der Waals surface area contributed by atoms with Crippen LogP contribution in [0.5, 0.6) is 5.75 Å². The van der Waals surface area contributed by atoms with E-state index in [1.165, 1.54) is 4.88 Å². The Balaban J connectivity index is 2.70. The van der Waals surface area contributed by atoms with Crippen molar-refractivity contribution in [2.75, 3.05) is 5.73 Å². The Morgan fingerprint density at radius 2 is 2.15 bits per heavy atom. The zero-order chi connectivity index (χ0) is 9.42. The Labute approximate surface area is 80.6 Å². The summed E-state index contributed by atoms with van der Waals surface area (Å²) >= 11 is 1.73. The fourth-order valence-electron chi connectivity index (χ4n) is 1.32. The number of benzene rings is 1. The van der Waals surface area contributed by atoms with Crippen LogP contribution in [-0.4, -0.2) is 5.11 Å². The van der Waals surface area contributed by atoms with E-state index in [0.717, 1.165) is 16.5 Å². The van der Waals surface area contributed by atoms with Gasteiger partial charge in [0, 0.05) is 9.58 Å². The van der Waals surface area contributed by atoms with Gasteiger partial charge < -0.3 is 10.8 Å². The van der Waals surface area contributed by atoms with Crippen molar-refractivity contribution in [2.45, 2.75) is 13.3 Å². The molecule has 0 atom stereocenters. The van der Waals surface area contributed by atoms with E-state index in [-0.39, 0.29) is 5.75 Å². The van der Waals surface area contributed by atoms with Gasteiger partial charge in [-0.2, -0.15) is 0 Å². The van der Waals surface area contributed by atoms with Crippen LogP contribution < -0.4 is 5.73 Å². The molecule has 0 radical (unpaired) electrons. The molecule has 2 nitrogen and oxygen atoms in total. The lowest BCUT2D eigenvalue weighted by atomic mass is 10.2. The van der Waals surface area contributed by atoms with Crippen molar-refractivity contribution in [3.8, 4) is 5.75 Å². The highest BCUT2D eigenvalue weighted by molar-refractivity contribution is 7.19. The molecule has 3 heteroatoms.